The summed E-state index contributed by atoms with van der Waals surface area (Å²) in [5.41, 5.74) is -0.304. The summed E-state index contributed by atoms with van der Waals surface area (Å²) in [7, 11) is 1.78. The molecule has 0 aromatic carbocycles. The van der Waals surface area contributed by atoms with E-state index in [0.29, 0.717) is 31.6 Å². The molecule has 3 heterocycles. The summed E-state index contributed by atoms with van der Waals surface area (Å²) >= 11 is 0. The van der Waals surface area contributed by atoms with E-state index in [1.165, 1.54) is 0 Å². The highest BCUT2D eigenvalue weighted by Crippen LogP contribution is 2.25. The molecule has 1 atom stereocenters. The molecule has 1 aromatic heterocycles. The fraction of sp³-hybridized carbons (Fsp3) is 0.706. The maximum Gasteiger partial charge on any atom is 0.257 e. The number of carbonyl (C=O) groups excluding carboxylic acids is 2. The molecule has 0 bridgehead atoms. The number of aliphatic hydroxyl groups is 1. The number of aromatic nitrogens is 2. The Morgan fingerprint density at radius 3 is 2.68 bits per heavy atom. The van der Waals surface area contributed by atoms with Crippen LogP contribution in [0.3, 0.4) is 0 Å². The van der Waals surface area contributed by atoms with Gasteiger partial charge in [-0.05, 0) is 19.3 Å². The van der Waals surface area contributed by atoms with Gasteiger partial charge in [-0.2, -0.15) is 5.10 Å². The first kappa shape index (κ1) is 17.9. The van der Waals surface area contributed by atoms with Gasteiger partial charge in [0.25, 0.3) is 5.91 Å². The predicted molar refractivity (Wildman–Crippen MR) is 92.0 cm³/mol. The van der Waals surface area contributed by atoms with Crippen LogP contribution in [-0.4, -0.2) is 80.9 Å². The molecular weight excluding hydrogens is 322 g/mol. The van der Waals surface area contributed by atoms with E-state index in [1.54, 1.807) is 35.9 Å². The molecule has 2 amide bonds. The van der Waals surface area contributed by atoms with Crippen molar-refractivity contribution in [1.29, 1.82) is 0 Å². The third-order valence-electron chi connectivity index (χ3n) is 5.08. The van der Waals surface area contributed by atoms with Crippen molar-refractivity contribution in [3.63, 3.8) is 0 Å². The Labute approximate surface area is 147 Å². The van der Waals surface area contributed by atoms with Gasteiger partial charge in [0.15, 0.2) is 0 Å². The molecule has 1 unspecified atom stereocenters. The van der Waals surface area contributed by atoms with E-state index in [1.807, 2.05) is 0 Å². The number of nitrogens with one attached hydrogen (secondary N) is 1. The van der Waals surface area contributed by atoms with Crippen LogP contribution in [0.4, 0.5) is 0 Å². The summed E-state index contributed by atoms with van der Waals surface area (Å²) in [5.74, 6) is -0.0641. The first-order valence-corrected chi connectivity index (χ1v) is 8.84. The van der Waals surface area contributed by atoms with E-state index < -0.39 is 5.60 Å². The van der Waals surface area contributed by atoms with Gasteiger partial charge < -0.3 is 20.2 Å². The number of rotatable bonds is 4. The zero-order valence-corrected chi connectivity index (χ0v) is 14.9. The normalized spacial score (nSPS) is 25.3. The van der Waals surface area contributed by atoms with E-state index in [4.69, 9.17) is 0 Å². The number of hydrogen-bond acceptors (Lipinski definition) is 5. The number of β-amino-alcohol motifs (C(OH)–C–C–N with tert-alkyl or cyclic N) is 1. The summed E-state index contributed by atoms with van der Waals surface area (Å²) in [6.45, 7) is 4.73. The molecule has 2 aliphatic heterocycles. The van der Waals surface area contributed by atoms with Crippen molar-refractivity contribution in [1.82, 2.24) is 24.9 Å². The predicted octanol–water partition coefficient (Wildman–Crippen LogP) is -0.402. The lowest BCUT2D eigenvalue weighted by Crippen LogP contribution is -2.50. The van der Waals surface area contributed by atoms with E-state index in [9.17, 15) is 14.7 Å². The van der Waals surface area contributed by atoms with Crippen LogP contribution in [0.15, 0.2) is 12.4 Å². The Balaban J connectivity index is 1.50. The van der Waals surface area contributed by atoms with Gasteiger partial charge in [-0.3, -0.25) is 14.3 Å². The molecule has 25 heavy (non-hydrogen) atoms. The summed E-state index contributed by atoms with van der Waals surface area (Å²) in [4.78, 5) is 27.6. The summed E-state index contributed by atoms with van der Waals surface area (Å²) in [6, 6.07) is 0.232. The maximum atomic E-state index is 12.5. The number of carbonyl (C=O) groups is 2. The number of hydrogen-bond donors (Lipinski definition) is 2. The van der Waals surface area contributed by atoms with Gasteiger partial charge in [0.2, 0.25) is 5.91 Å². The number of piperidine rings is 1. The van der Waals surface area contributed by atoms with Crippen LogP contribution in [0, 0.1) is 0 Å². The molecule has 3 rings (SSSR count). The molecule has 8 nitrogen and oxygen atoms in total. The highest BCUT2D eigenvalue weighted by Gasteiger charge is 2.40. The molecule has 0 aliphatic carbocycles. The van der Waals surface area contributed by atoms with Crippen LogP contribution in [0.5, 0.6) is 0 Å². The zero-order valence-electron chi connectivity index (χ0n) is 14.9. The van der Waals surface area contributed by atoms with Crippen LogP contribution in [0.1, 0.15) is 36.5 Å². The Morgan fingerprint density at radius 2 is 2.08 bits per heavy atom. The lowest BCUT2D eigenvalue weighted by Gasteiger charge is -2.36. The third-order valence-corrected chi connectivity index (χ3v) is 5.08. The van der Waals surface area contributed by atoms with Crippen molar-refractivity contribution < 1.29 is 14.7 Å². The van der Waals surface area contributed by atoms with Crippen molar-refractivity contribution in [2.75, 3.05) is 32.7 Å². The minimum absolute atomic E-state index is 0.0115. The lowest BCUT2D eigenvalue weighted by atomic mass is 9.99. The molecule has 138 valence electrons. The first-order valence-electron chi connectivity index (χ1n) is 8.84. The molecule has 8 heteroatoms. The zero-order chi connectivity index (χ0) is 18.0. The number of nitrogens with zero attached hydrogens (tertiary/aromatic N) is 4. The molecule has 2 aliphatic rings. The largest absolute Gasteiger partial charge is 0.387 e. The average Bonchev–Trinajstić information content (AvgIpc) is 3.15. The Bertz CT molecular complexity index is 638. The van der Waals surface area contributed by atoms with Crippen LogP contribution in [0.2, 0.25) is 0 Å². The minimum atomic E-state index is -0.862. The van der Waals surface area contributed by atoms with Crippen LogP contribution in [0.25, 0.3) is 0 Å². The van der Waals surface area contributed by atoms with Gasteiger partial charge in [0, 0.05) is 52.4 Å². The highest BCUT2D eigenvalue weighted by atomic mass is 16.3. The molecule has 0 radical (unpaired) electrons. The van der Waals surface area contributed by atoms with Gasteiger partial charge >= 0.3 is 0 Å². The van der Waals surface area contributed by atoms with E-state index in [2.05, 4.69) is 15.3 Å². The standard InChI is InChI=1S/C17H27N5O3/c1-13(23)19-15-3-6-21(7-4-15)11-17(25)5-8-22(12-17)16(24)14-9-18-20(2)10-14/h9-10,15,25H,3-8,11-12H2,1-2H3,(H,19,23). The van der Waals surface area contributed by atoms with Crippen molar-refractivity contribution in [2.24, 2.45) is 7.05 Å². The second-order valence-corrected chi connectivity index (χ2v) is 7.35. The lowest BCUT2D eigenvalue weighted by molar-refractivity contribution is -0.120. The second kappa shape index (κ2) is 7.13. The SMILES string of the molecule is CC(=O)NC1CCN(CC2(O)CCN(C(=O)c3cnn(C)c3)C2)CC1. The smallest absolute Gasteiger partial charge is 0.257 e. The van der Waals surface area contributed by atoms with Crippen LogP contribution >= 0.6 is 0 Å². The van der Waals surface area contributed by atoms with Gasteiger partial charge in [-0.25, -0.2) is 0 Å². The van der Waals surface area contributed by atoms with Crippen molar-refractivity contribution in [3.8, 4) is 0 Å². The van der Waals surface area contributed by atoms with Crippen LogP contribution in [-0.2, 0) is 11.8 Å². The Hall–Kier alpha value is -1.93. The molecule has 2 saturated heterocycles. The van der Waals surface area contributed by atoms with E-state index in [0.717, 1.165) is 25.9 Å². The van der Waals surface area contributed by atoms with Crippen LogP contribution < -0.4 is 5.32 Å². The minimum Gasteiger partial charge on any atom is -0.387 e. The van der Waals surface area contributed by atoms with Gasteiger partial charge in [-0.1, -0.05) is 0 Å². The number of amides is 2. The highest BCUT2D eigenvalue weighted by molar-refractivity contribution is 5.94. The number of likely N-dealkylation sites (tertiary alicyclic amines) is 2. The van der Waals surface area contributed by atoms with Gasteiger partial charge in [0.1, 0.15) is 0 Å². The topological polar surface area (TPSA) is 90.7 Å². The second-order valence-electron chi connectivity index (χ2n) is 7.35. The first-order chi connectivity index (χ1) is 11.8. The van der Waals surface area contributed by atoms with Gasteiger partial charge in [-0.15, -0.1) is 0 Å². The van der Waals surface area contributed by atoms with E-state index >= 15 is 0 Å². The monoisotopic (exact) mass is 349 g/mol. The quantitative estimate of drug-likeness (QED) is 0.772. The van der Waals surface area contributed by atoms with E-state index in [-0.39, 0.29) is 17.9 Å². The third kappa shape index (κ3) is 4.38. The molecule has 2 N–H and O–H groups in total. The number of aryl methyl sites for hydroxylation is 1. The van der Waals surface area contributed by atoms with Gasteiger partial charge in [0.05, 0.1) is 23.9 Å². The Morgan fingerprint density at radius 1 is 1.36 bits per heavy atom. The van der Waals surface area contributed by atoms with Crippen molar-refractivity contribution in [2.45, 2.75) is 37.8 Å². The van der Waals surface area contributed by atoms with Crippen molar-refractivity contribution >= 4 is 11.8 Å². The summed E-state index contributed by atoms with van der Waals surface area (Å²) < 4.78 is 1.61. The molecule has 2 fully saturated rings. The fourth-order valence-corrected chi connectivity index (χ4v) is 3.81. The molecular formula is C17H27N5O3. The maximum absolute atomic E-state index is 12.5. The summed E-state index contributed by atoms with van der Waals surface area (Å²) in [5, 5.41) is 17.9. The average molecular weight is 349 g/mol. The fourth-order valence-electron chi connectivity index (χ4n) is 3.81. The molecule has 0 saturated carbocycles. The molecule has 1 aromatic rings. The molecule has 0 spiro atoms. The Kier molecular flexibility index (Phi) is 5.10. The van der Waals surface area contributed by atoms with Crippen molar-refractivity contribution in [3.05, 3.63) is 18.0 Å². The summed E-state index contributed by atoms with van der Waals surface area (Å²) in [6.07, 6.45) is 5.64.